The molecule has 0 atom stereocenters. The monoisotopic (exact) mass is 234 g/mol. The Morgan fingerprint density at radius 2 is 1.94 bits per heavy atom. The lowest BCUT2D eigenvalue weighted by molar-refractivity contribution is 1.09. The summed E-state index contributed by atoms with van der Waals surface area (Å²) in [6.07, 6.45) is 1.62. The zero-order chi connectivity index (χ0) is 11.4. The van der Waals surface area contributed by atoms with Crippen LogP contribution in [0.3, 0.4) is 0 Å². The Kier molecular flexibility index (Phi) is 3.22. The van der Waals surface area contributed by atoms with E-state index < -0.39 is 0 Å². The topological polar surface area (TPSA) is 63.8 Å². The van der Waals surface area contributed by atoms with Gasteiger partial charge in [-0.25, -0.2) is 4.98 Å². The molecule has 5 heteroatoms. The molecule has 2 aromatic rings. The fourth-order valence-electron chi connectivity index (χ4n) is 1.27. The molecule has 4 nitrogen and oxygen atoms in total. The fraction of sp³-hybridized carbons (Fsp3) is 0.0909. The largest absolute Gasteiger partial charge is 0.368 e. The van der Waals surface area contributed by atoms with Gasteiger partial charge in [-0.1, -0.05) is 23.7 Å². The fourth-order valence-corrected chi connectivity index (χ4v) is 1.39. The van der Waals surface area contributed by atoms with E-state index in [2.05, 4.69) is 15.3 Å². The smallest absolute Gasteiger partial charge is 0.221 e. The molecule has 0 fully saturated rings. The van der Waals surface area contributed by atoms with Gasteiger partial charge in [0.1, 0.15) is 5.82 Å². The number of nitrogens with zero attached hydrogens (tertiary/aromatic N) is 2. The van der Waals surface area contributed by atoms with E-state index in [1.54, 1.807) is 12.3 Å². The molecule has 82 valence electrons. The van der Waals surface area contributed by atoms with Crippen molar-refractivity contribution >= 4 is 23.4 Å². The molecule has 0 aliphatic carbocycles. The third-order valence-corrected chi connectivity index (χ3v) is 2.31. The van der Waals surface area contributed by atoms with Crippen molar-refractivity contribution in [2.75, 3.05) is 11.1 Å². The molecule has 0 saturated heterocycles. The van der Waals surface area contributed by atoms with Crippen LogP contribution >= 0.6 is 11.6 Å². The Hall–Kier alpha value is -1.81. The van der Waals surface area contributed by atoms with E-state index in [1.807, 2.05) is 24.3 Å². The van der Waals surface area contributed by atoms with Crippen LogP contribution in [0.1, 0.15) is 5.56 Å². The molecule has 16 heavy (non-hydrogen) atoms. The second kappa shape index (κ2) is 4.81. The van der Waals surface area contributed by atoms with Crippen LogP contribution in [0.2, 0.25) is 5.02 Å². The van der Waals surface area contributed by atoms with E-state index in [0.717, 1.165) is 10.6 Å². The van der Waals surface area contributed by atoms with Crippen LogP contribution in [0.25, 0.3) is 0 Å². The summed E-state index contributed by atoms with van der Waals surface area (Å²) in [6.45, 7) is 0.674. The summed E-state index contributed by atoms with van der Waals surface area (Å²) in [5, 5.41) is 3.88. The second-order valence-electron chi connectivity index (χ2n) is 3.28. The number of benzene rings is 1. The molecule has 2 rings (SSSR count). The zero-order valence-electron chi connectivity index (χ0n) is 8.52. The summed E-state index contributed by atoms with van der Waals surface area (Å²) in [4.78, 5) is 7.85. The molecule has 3 N–H and O–H groups in total. The number of hydrogen-bond acceptors (Lipinski definition) is 4. The minimum atomic E-state index is 0.265. The maximum Gasteiger partial charge on any atom is 0.221 e. The molecule has 1 heterocycles. The maximum absolute atomic E-state index is 5.79. The number of hydrogen-bond donors (Lipinski definition) is 2. The van der Waals surface area contributed by atoms with Crippen molar-refractivity contribution in [2.45, 2.75) is 6.54 Å². The van der Waals surface area contributed by atoms with Gasteiger partial charge in [-0.2, -0.15) is 4.98 Å². The normalized spacial score (nSPS) is 10.1. The third kappa shape index (κ3) is 2.84. The van der Waals surface area contributed by atoms with E-state index in [9.17, 15) is 0 Å². The molecule has 0 radical (unpaired) electrons. The van der Waals surface area contributed by atoms with Crippen LogP contribution in [0.5, 0.6) is 0 Å². The molecule has 0 unspecified atom stereocenters. The first kappa shape index (κ1) is 10.7. The van der Waals surface area contributed by atoms with Crippen molar-refractivity contribution in [3.8, 4) is 0 Å². The molecule has 0 amide bonds. The predicted molar refractivity (Wildman–Crippen MR) is 65.2 cm³/mol. The van der Waals surface area contributed by atoms with Crippen molar-refractivity contribution in [1.29, 1.82) is 0 Å². The van der Waals surface area contributed by atoms with Crippen LogP contribution in [-0.2, 0) is 6.54 Å². The SMILES string of the molecule is Nc1nccc(NCc2ccc(Cl)cc2)n1. The molecule has 0 aliphatic heterocycles. The Bertz CT molecular complexity index is 470. The Morgan fingerprint density at radius 3 is 2.62 bits per heavy atom. The maximum atomic E-state index is 5.79. The molecule has 1 aromatic carbocycles. The molecular formula is C11H11ClN4. The van der Waals surface area contributed by atoms with E-state index in [1.165, 1.54) is 0 Å². The third-order valence-electron chi connectivity index (χ3n) is 2.06. The summed E-state index contributed by atoms with van der Waals surface area (Å²) >= 11 is 5.79. The van der Waals surface area contributed by atoms with Crippen molar-refractivity contribution < 1.29 is 0 Å². The van der Waals surface area contributed by atoms with Gasteiger partial charge >= 0.3 is 0 Å². The molecular weight excluding hydrogens is 224 g/mol. The summed E-state index contributed by atoms with van der Waals surface area (Å²) in [5.74, 6) is 0.976. The highest BCUT2D eigenvalue weighted by atomic mass is 35.5. The molecule has 0 bridgehead atoms. The molecule has 1 aromatic heterocycles. The lowest BCUT2D eigenvalue weighted by Gasteiger charge is -2.05. The highest BCUT2D eigenvalue weighted by molar-refractivity contribution is 6.30. The van der Waals surface area contributed by atoms with Crippen molar-refractivity contribution in [2.24, 2.45) is 0 Å². The van der Waals surface area contributed by atoms with Gasteiger partial charge < -0.3 is 11.1 Å². The van der Waals surface area contributed by atoms with Crippen LogP contribution in [-0.4, -0.2) is 9.97 Å². The van der Waals surface area contributed by atoms with Gasteiger partial charge in [-0.15, -0.1) is 0 Å². The van der Waals surface area contributed by atoms with Gasteiger partial charge in [0.05, 0.1) is 0 Å². The minimum absolute atomic E-state index is 0.265. The highest BCUT2D eigenvalue weighted by Crippen LogP contribution is 2.11. The average molecular weight is 235 g/mol. The van der Waals surface area contributed by atoms with Gasteiger partial charge in [-0.05, 0) is 23.8 Å². The van der Waals surface area contributed by atoms with Gasteiger partial charge in [0.15, 0.2) is 0 Å². The first-order valence-electron chi connectivity index (χ1n) is 4.81. The highest BCUT2D eigenvalue weighted by Gasteiger charge is 1.96. The standard InChI is InChI=1S/C11H11ClN4/c12-9-3-1-8(2-4-9)7-15-10-5-6-14-11(13)16-10/h1-6H,7H2,(H3,13,14,15,16). The second-order valence-corrected chi connectivity index (χ2v) is 3.72. The quantitative estimate of drug-likeness (QED) is 0.856. The van der Waals surface area contributed by atoms with Gasteiger partial charge in [0, 0.05) is 17.8 Å². The first-order valence-corrected chi connectivity index (χ1v) is 5.19. The number of aromatic nitrogens is 2. The zero-order valence-corrected chi connectivity index (χ0v) is 9.28. The Labute approximate surface area is 98.5 Å². The number of nitrogens with two attached hydrogens (primary N) is 1. The number of nitrogen functional groups attached to an aromatic ring is 1. The summed E-state index contributed by atoms with van der Waals surface area (Å²) in [5.41, 5.74) is 6.59. The van der Waals surface area contributed by atoms with E-state index in [4.69, 9.17) is 17.3 Å². The molecule has 0 saturated carbocycles. The van der Waals surface area contributed by atoms with Crippen LogP contribution in [0, 0.1) is 0 Å². The van der Waals surface area contributed by atoms with Gasteiger partial charge in [-0.3, -0.25) is 0 Å². The number of anilines is 2. The number of rotatable bonds is 3. The molecule has 0 aliphatic rings. The Balaban J connectivity index is 1.99. The summed E-state index contributed by atoms with van der Waals surface area (Å²) < 4.78 is 0. The van der Waals surface area contributed by atoms with Crippen molar-refractivity contribution in [1.82, 2.24) is 9.97 Å². The van der Waals surface area contributed by atoms with Gasteiger partial charge in [0.2, 0.25) is 5.95 Å². The predicted octanol–water partition coefficient (Wildman–Crippen LogP) is 2.32. The summed E-state index contributed by atoms with van der Waals surface area (Å²) in [7, 11) is 0. The van der Waals surface area contributed by atoms with E-state index >= 15 is 0 Å². The lowest BCUT2D eigenvalue weighted by atomic mass is 10.2. The van der Waals surface area contributed by atoms with Crippen LogP contribution in [0.15, 0.2) is 36.5 Å². The van der Waals surface area contributed by atoms with Crippen molar-refractivity contribution in [3.05, 3.63) is 47.1 Å². The summed E-state index contributed by atoms with van der Waals surface area (Å²) in [6, 6.07) is 9.39. The first-order chi connectivity index (χ1) is 7.74. The Morgan fingerprint density at radius 1 is 1.19 bits per heavy atom. The minimum Gasteiger partial charge on any atom is -0.368 e. The number of halogens is 1. The van der Waals surface area contributed by atoms with Gasteiger partial charge in [0.25, 0.3) is 0 Å². The molecule has 0 spiro atoms. The average Bonchev–Trinajstić information content (AvgIpc) is 2.28. The van der Waals surface area contributed by atoms with Crippen molar-refractivity contribution in [3.63, 3.8) is 0 Å². The number of nitrogens with one attached hydrogen (secondary N) is 1. The van der Waals surface area contributed by atoms with E-state index in [0.29, 0.717) is 12.4 Å². The van der Waals surface area contributed by atoms with Crippen LogP contribution < -0.4 is 11.1 Å². The lowest BCUT2D eigenvalue weighted by Crippen LogP contribution is -2.03. The van der Waals surface area contributed by atoms with Crippen LogP contribution in [0.4, 0.5) is 11.8 Å². The van der Waals surface area contributed by atoms with E-state index in [-0.39, 0.29) is 5.95 Å².